The first-order valence-electron chi connectivity index (χ1n) is 11.1. The maximum Gasteiger partial charge on any atom is 0.419 e. The van der Waals surface area contributed by atoms with Crippen LogP contribution in [-0.2, 0) is 10.9 Å². The third kappa shape index (κ3) is 5.53. The van der Waals surface area contributed by atoms with E-state index in [1.54, 1.807) is 19.1 Å². The first-order chi connectivity index (χ1) is 16.5. The molecule has 1 aliphatic heterocycles. The lowest BCUT2D eigenvalue weighted by Crippen LogP contribution is -2.47. The number of ether oxygens (including phenoxy) is 1. The molecule has 12 heteroatoms. The highest BCUT2D eigenvalue weighted by atomic mass is 79.9. The van der Waals surface area contributed by atoms with Gasteiger partial charge in [0, 0.05) is 42.5 Å². The van der Waals surface area contributed by atoms with E-state index in [1.165, 1.54) is 6.20 Å². The Balaban J connectivity index is 1.73. The van der Waals surface area contributed by atoms with E-state index in [9.17, 15) is 18.0 Å². The van der Waals surface area contributed by atoms with Crippen molar-refractivity contribution in [2.45, 2.75) is 39.4 Å². The summed E-state index contributed by atoms with van der Waals surface area (Å²) in [5, 5.41) is 9.62. The maximum atomic E-state index is 13.9. The van der Waals surface area contributed by atoms with E-state index in [-0.39, 0.29) is 35.3 Å². The lowest BCUT2D eigenvalue weighted by atomic mass is 9.83. The fourth-order valence-electron chi connectivity index (χ4n) is 4.28. The molecular formula is C23H26BrF3N6O2. The molecule has 3 aromatic rings. The summed E-state index contributed by atoms with van der Waals surface area (Å²) in [5.41, 5.74) is 0.0661. The molecule has 8 nitrogen and oxygen atoms in total. The molecule has 0 spiro atoms. The zero-order chi connectivity index (χ0) is 25.4. The van der Waals surface area contributed by atoms with Gasteiger partial charge >= 0.3 is 12.3 Å². The minimum atomic E-state index is -4.64. The van der Waals surface area contributed by atoms with Crippen LogP contribution in [0, 0.1) is 5.41 Å². The number of halogens is 4. The monoisotopic (exact) mass is 554 g/mol. The number of fused-ring (bicyclic) bond motifs is 1. The van der Waals surface area contributed by atoms with Crippen LogP contribution in [0.5, 0.6) is 0 Å². The summed E-state index contributed by atoms with van der Waals surface area (Å²) in [5.74, 6) is 0.131. The summed E-state index contributed by atoms with van der Waals surface area (Å²) in [6, 6.07) is 3.19. The number of rotatable bonds is 5. The average Bonchev–Trinajstić information content (AvgIpc) is 3.19. The number of H-pyrrole nitrogens is 1. The molecule has 4 N–H and O–H groups in total. The number of nitrogens with zero attached hydrogens (tertiary/aromatic N) is 2. The number of carbonyl (C=O) groups excluding carboxylic acids is 1. The van der Waals surface area contributed by atoms with Gasteiger partial charge in [-0.2, -0.15) is 13.2 Å². The molecule has 0 saturated carbocycles. The topological polar surface area (TPSA) is 104 Å². The van der Waals surface area contributed by atoms with Crippen LogP contribution in [0.3, 0.4) is 0 Å². The zero-order valence-electron chi connectivity index (χ0n) is 19.4. The molecule has 1 saturated heterocycles. The molecule has 1 aliphatic rings. The lowest BCUT2D eigenvalue weighted by Gasteiger charge is -2.36. The second-order valence-electron chi connectivity index (χ2n) is 9.19. The fraction of sp³-hybridized carbons (Fsp3) is 0.435. The zero-order valence-corrected chi connectivity index (χ0v) is 21.0. The van der Waals surface area contributed by atoms with Crippen LogP contribution in [0.15, 0.2) is 29.0 Å². The lowest BCUT2D eigenvalue weighted by molar-refractivity contribution is -0.137. The predicted molar refractivity (Wildman–Crippen MR) is 131 cm³/mol. The highest BCUT2D eigenvalue weighted by Gasteiger charge is 2.36. The standard InChI is InChI=1S/C23H26BrF3N6O2/c1-4-35-21(34)32-16-6-5-13-14(9-29-19(13)17(16)24)18-15(23(25,26)27)10-30-20(33-18)31-12-7-22(2,3)11-28-8-12/h5-6,9-10,12,28-29H,4,7-8,11H2,1-3H3,(H,32,34)(H,30,31,33)/t12-/m0/s1. The molecule has 1 fully saturated rings. The second-order valence-corrected chi connectivity index (χ2v) is 9.98. The largest absolute Gasteiger partial charge is 0.450 e. The Morgan fingerprint density at radius 3 is 2.80 bits per heavy atom. The molecule has 0 unspecified atom stereocenters. The van der Waals surface area contributed by atoms with Gasteiger partial charge in [0.05, 0.1) is 28.0 Å². The van der Waals surface area contributed by atoms with Gasteiger partial charge in [0.2, 0.25) is 5.95 Å². The summed E-state index contributed by atoms with van der Waals surface area (Å²) in [6.45, 7) is 7.67. The quantitative estimate of drug-likeness (QED) is 0.319. The van der Waals surface area contributed by atoms with Crippen molar-refractivity contribution in [2.24, 2.45) is 5.41 Å². The number of piperidine rings is 1. The van der Waals surface area contributed by atoms with E-state index in [0.29, 0.717) is 27.6 Å². The molecule has 4 rings (SSSR count). The summed E-state index contributed by atoms with van der Waals surface area (Å²) < 4.78 is 47.1. The Bertz CT molecular complexity index is 1240. The Morgan fingerprint density at radius 2 is 2.11 bits per heavy atom. The smallest absolute Gasteiger partial charge is 0.419 e. The van der Waals surface area contributed by atoms with Crippen LogP contribution < -0.4 is 16.0 Å². The van der Waals surface area contributed by atoms with Crippen LogP contribution in [-0.4, -0.2) is 46.8 Å². The van der Waals surface area contributed by atoms with Gasteiger partial charge in [-0.1, -0.05) is 19.9 Å². The van der Waals surface area contributed by atoms with Gasteiger partial charge < -0.3 is 20.4 Å². The molecule has 0 bridgehead atoms. The summed E-state index contributed by atoms with van der Waals surface area (Å²) >= 11 is 3.42. The van der Waals surface area contributed by atoms with Crippen molar-refractivity contribution in [3.63, 3.8) is 0 Å². The average molecular weight is 555 g/mol. The Morgan fingerprint density at radius 1 is 1.34 bits per heavy atom. The van der Waals surface area contributed by atoms with Crippen molar-refractivity contribution in [3.8, 4) is 11.3 Å². The first-order valence-corrected chi connectivity index (χ1v) is 11.9. The van der Waals surface area contributed by atoms with Crippen LogP contribution in [0.1, 0.15) is 32.8 Å². The maximum absolute atomic E-state index is 13.9. The minimum Gasteiger partial charge on any atom is -0.450 e. The number of carbonyl (C=O) groups is 1. The van der Waals surface area contributed by atoms with Gasteiger partial charge in [-0.05, 0) is 40.8 Å². The Hall–Kier alpha value is -2.86. The number of hydrogen-bond acceptors (Lipinski definition) is 6. The van der Waals surface area contributed by atoms with Gasteiger partial charge in [-0.25, -0.2) is 14.8 Å². The van der Waals surface area contributed by atoms with E-state index in [1.807, 2.05) is 0 Å². The molecule has 1 amide bonds. The minimum absolute atomic E-state index is 0.0167. The van der Waals surface area contributed by atoms with E-state index in [2.05, 4.69) is 60.7 Å². The van der Waals surface area contributed by atoms with E-state index in [0.717, 1.165) is 19.2 Å². The van der Waals surface area contributed by atoms with Crippen molar-refractivity contribution < 1.29 is 22.7 Å². The van der Waals surface area contributed by atoms with E-state index < -0.39 is 17.8 Å². The summed E-state index contributed by atoms with van der Waals surface area (Å²) in [6.07, 6.45) is -2.16. The fourth-order valence-corrected chi connectivity index (χ4v) is 4.84. The molecule has 35 heavy (non-hydrogen) atoms. The highest BCUT2D eigenvalue weighted by molar-refractivity contribution is 9.10. The van der Waals surface area contributed by atoms with Crippen LogP contribution in [0.4, 0.5) is 29.6 Å². The number of amides is 1. The third-order valence-corrected chi connectivity index (χ3v) is 6.60. The number of hydrogen-bond donors (Lipinski definition) is 4. The SMILES string of the molecule is CCOC(=O)Nc1ccc2c(-c3nc(N[C@@H]4CNCC(C)(C)C4)ncc3C(F)(F)F)c[nH]c2c1Br. The number of anilines is 2. The second kappa shape index (κ2) is 9.65. The van der Waals surface area contributed by atoms with Gasteiger partial charge in [-0.15, -0.1) is 0 Å². The Labute approximate surface area is 208 Å². The molecule has 188 valence electrons. The van der Waals surface area contributed by atoms with Crippen LogP contribution >= 0.6 is 15.9 Å². The summed E-state index contributed by atoms with van der Waals surface area (Å²) in [7, 11) is 0. The van der Waals surface area contributed by atoms with Gasteiger partial charge in [0.15, 0.2) is 0 Å². The third-order valence-electron chi connectivity index (χ3n) is 5.78. The van der Waals surface area contributed by atoms with Crippen molar-refractivity contribution >= 4 is 44.6 Å². The van der Waals surface area contributed by atoms with Gasteiger partial charge in [-0.3, -0.25) is 5.32 Å². The van der Waals surface area contributed by atoms with Crippen molar-refractivity contribution in [3.05, 3.63) is 34.6 Å². The molecular weight excluding hydrogens is 529 g/mol. The molecule has 2 aromatic heterocycles. The predicted octanol–water partition coefficient (Wildman–Crippen LogP) is 5.77. The number of nitrogens with one attached hydrogen (secondary N) is 4. The number of benzene rings is 1. The van der Waals surface area contributed by atoms with Crippen molar-refractivity contribution in [1.29, 1.82) is 0 Å². The molecule has 1 aromatic carbocycles. The van der Waals surface area contributed by atoms with Crippen LogP contribution in [0.2, 0.25) is 0 Å². The Kier molecular flexibility index (Phi) is 6.96. The van der Waals surface area contributed by atoms with Crippen molar-refractivity contribution in [1.82, 2.24) is 20.3 Å². The number of aromatic nitrogens is 3. The van der Waals surface area contributed by atoms with Crippen LogP contribution in [0.25, 0.3) is 22.2 Å². The molecule has 0 radical (unpaired) electrons. The number of alkyl halides is 3. The van der Waals surface area contributed by atoms with Gasteiger partial charge in [0.1, 0.15) is 5.56 Å². The molecule has 1 atom stereocenters. The molecule has 0 aliphatic carbocycles. The first kappa shape index (κ1) is 25.2. The number of aromatic amines is 1. The normalized spacial score (nSPS) is 17.9. The highest BCUT2D eigenvalue weighted by Crippen LogP contribution is 2.41. The van der Waals surface area contributed by atoms with Crippen molar-refractivity contribution in [2.75, 3.05) is 30.3 Å². The molecule has 3 heterocycles. The summed E-state index contributed by atoms with van der Waals surface area (Å²) in [4.78, 5) is 23.1. The van der Waals surface area contributed by atoms with E-state index in [4.69, 9.17) is 4.74 Å². The van der Waals surface area contributed by atoms with E-state index >= 15 is 0 Å². The van der Waals surface area contributed by atoms with Gasteiger partial charge in [0.25, 0.3) is 0 Å².